The van der Waals surface area contributed by atoms with Crippen molar-refractivity contribution in [3.63, 3.8) is 0 Å². The predicted molar refractivity (Wildman–Crippen MR) is 52.0 cm³/mol. The minimum Gasteiger partial charge on any atom is -0.393 e. The monoisotopic (exact) mass is 205 g/mol. The Hall–Kier alpha value is -1.71. The molecule has 0 bridgehead atoms. The lowest BCUT2D eigenvalue weighted by Crippen LogP contribution is -2.24. The molecule has 1 aromatic rings. The molecular weight excluding hydrogens is 194 g/mol. The highest BCUT2D eigenvalue weighted by Gasteiger charge is 2.29. The number of cyclic esters (lactones) is 2. The largest absolute Gasteiger partial charge is 0.393 e. The summed E-state index contributed by atoms with van der Waals surface area (Å²) in [6.07, 6.45) is 3.93. The quantitative estimate of drug-likeness (QED) is 0.512. The Balaban J connectivity index is 2.27. The second kappa shape index (κ2) is 3.81. The number of rotatable bonds is 1. The first-order valence-electron chi connectivity index (χ1n) is 4.81. The smallest absolute Gasteiger partial charge is 0.314 e. The molecule has 1 aliphatic rings. The molecule has 0 radical (unpaired) electrons. The minimum absolute atomic E-state index is 0.0764. The molecule has 0 saturated carbocycles. The average Bonchev–Trinajstić information content (AvgIpc) is 2.16. The first-order chi connectivity index (χ1) is 7.16. The summed E-state index contributed by atoms with van der Waals surface area (Å²) >= 11 is 0. The number of hydrogen-bond acceptors (Lipinski definition) is 4. The van der Waals surface area contributed by atoms with Crippen molar-refractivity contribution in [1.29, 1.82) is 0 Å². The van der Waals surface area contributed by atoms with E-state index in [9.17, 15) is 9.59 Å². The van der Waals surface area contributed by atoms with Crippen molar-refractivity contribution in [2.24, 2.45) is 0 Å². The maximum atomic E-state index is 11.1. The highest BCUT2D eigenvalue weighted by atomic mass is 16.6. The Morgan fingerprint density at radius 2 is 2.00 bits per heavy atom. The molecule has 4 heteroatoms. The summed E-state index contributed by atoms with van der Waals surface area (Å²) in [7, 11) is 0. The summed E-state index contributed by atoms with van der Waals surface area (Å²) in [6.45, 7) is 1.95. The zero-order valence-electron chi connectivity index (χ0n) is 8.40. The van der Waals surface area contributed by atoms with Crippen molar-refractivity contribution >= 4 is 11.9 Å². The molecule has 1 aromatic heterocycles. The number of pyridine rings is 1. The van der Waals surface area contributed by atoms with Gasteiger partial charge < -0.3 is 4.74 Å². The lowest BCUT2D eigenvalue weighted by molar-refractivity contribution is -0.163. The van der Waals surface area contributed by atoms with Crippen LogP contribution in [0.25, 0.3) is 0 Å². The van der Waals surface area contributed by atoms with Gasteiger partial charge in [-0.05, 0) is 24.1 Å². The van der Waals surface area contributed by atoms with Gasteiger partial charge in [-0.3, -0.25) is 14.6 Å². The van der Waals surface area contributed by atoms with Gasteiger partial charge in [0.2, 0.25) is 0 Å². The van der Waals surface area contributed by atoms with Gasteiger partial charge in [0.1, 0.15) is 0 Å². The van der Waals surface area contributed by atoms with Gasteiger partial charge in [-0.2, -0.15) is 0 Å². The normalized spacial score (nSPS) is 17.7. The van der Waals surface area contributed by atoms with E-state index in [2.05, 4.69) is 9.72 Å². The fourth-order valence-electron chi connectivity index (χ4n) is 1.81. The minimum atomic E-state index is -0.445. The zero-order chi connectivity index (χ0) is 10.8. The number of carbonyl (C=O) groups is 2. The SMILES string of the molecule is Cc1ccncc1C1CC(=O)OC(=O)C1. The number of hydrogen-bond donors (Lipinski definition) is 0. The highest BCUT2D eigenvalue weighted by molar-refractivity contribution is 5.89. The number of nitrogens with zero attached hydrogens (tertiary/aromatic N) is 1. The van der Waals surface area contributed by atoms with Crippen molar-refractivity contribution < 1.29 is 14.3 Å². The number of aryl methyl sites for hydroxylation is 1. The molecule has 0 aliphatic carbocycles. The standard InChI is InChI=1S/C11H11NO3/c1-7-2-3-12-6-9(7)8-4-10(13)15-11(14)5-8/h2-3,6,8H,4-5H2,1H3. The van der Waals surface area contributed by atoms with E-state index in [0.29, 0.717) is 0 Å². The van der Waals surface area contributed by atoms with Crippen LogP contribution in [0.2, 0.25) is 0 Å². The van der Waals surface area contributed by atoms with Crippen LogP contribution < -0.4 is 0 Å². The first-order valence-corrected chi connectivity index (χ1v) is 4.81. The molecule has 0 unspecified atom stereocenters. The molecule has 0 N–H and O–H groups in total. The van der Waals surface area contributed by atoms with Gasteiger partial charge in [0, 0.05) is 18.3 Å². The van der Waals surface area contributed by atoms with E-state index in [-0.39, 0.29) is 18.8 Å². The van der Waals surface area contributed by atoms with Crippen LogP contribution in [-0.2, 0) is 14.3 Å². The third kappa shape index (κ3) is 2.03. The molecule has 0 atom stereocenters. The third-order valence-corrected chi connectivity index (χ3v) is 2.57. The van der Waals surface area contributed by atoms with E-state index in [4.69, 9.17) is 0 Å². The molecular formula is C11H11NO3. The second-order valence-electron chi connectivity index (χ2n) is 3.68. The van der Waals surface area contributed by atoms with Gasteiger partial charge in [0.15, 0.2) is 0 Å². The number of ether oxygens (including phenoxy) is 1. The Bertz CT molecular complexity index is 398. The summed E-state index contributed by atoms with van der Waals surface area (Å²) in [5.41, 5.74) is 2.01. The molecule has 2 rings (SSSR count). The molecule has 78 valence electrons. The maximum absolute atomic E-state index is 11.1. The fourth-order valence-corrected chi connectivity index (χ4v) is 1.81. The van der Waals surface area contributed by atoms with Gasteiger partial charge in [-0.25, -0.2) is 0 Å². The Kier molecular flexibility index (Phi) is 2.49. The molecule has 0 aromatic carbocycles. The number of esters is 2. The van der Waals surface area contributed by atoms with Crippen molar-refractivity contribution in [1.82, 2.24) is 4.98 Å². The topological polar surface area (TPSA) is 56.3 Å². The molecule has 4 nitrogen and oxygen atoms in total. The van der Waals surface area contributed by atoms with Crippen LogP contribution in [0, 0.1) is 6.92 Å². The Morgan fingerprint density at radius 1 is 1.33 bits per heavy atom. The lowest BCUT2D eigenvalue weighted by atomic mass is 9.89. The van der Waals surface area contributed by atoms with Crippen LogP contribution in [0.5, 0.6) is 0 Å². The molecule has 0 spiro atoms. The lowest BCUT2D eigenvalue weighted by Gasteiger charge is -2.20. The summed E-state index contributed by atoms with van der Waals surface area (Å²) in [5, 5.41) is 0. The molecule has 1 fully saturated rings. The van der Waals surface area contributed by atoms with Gasteiger partial charge in [-0.15, -0.1) is 0 Å². The number of carbonyl (C=O) groups excluding carboxylic acids is 2. The van der Waals surface area contributed by atoms with Gasteiger partial charge in [0.05, 0.1) is 12.8 Å². The summed E-state index contributed by atoms with van der Waals surface area (Å²) in [4.78, 5) is 26.2. The van der Waals surface area contributed by atoms with Crippen LogP contribution in [0.1, 0.15) is 29.9 Å². The molecule has 1 saturated heterocycles. The van der Waals surface area contributed by atoms with Gasteiger partial charge in [0.25, 0.3) is 0 Å². The van der Waals surface area contributed by atoms with Crippen LogP contribution in [0.4, 0.5) is 0 Å². The van der Waals surface area contributed by atoms with Crippen molar-refractivity contribution in [3.05, 3.63) is 29.6 Å². The van der Waals surface area contributed by atoms with E-state index in [0.717, 1.165) is 11.1 Å². The predicted octanol–water partition coefficient (Wildman–Crippen LogP) is 1.34. The fraction of sp³-hybridized carbons (Fsp3) is 0.364. The van der Waals surface area contributed by atoms with E-state index in [1.807, 2.05) is 13.0 Å². The maximum Gasteiger partial charge on any atom is 0.314 e. The first kappa shape index (κ1) is 9.83. The van der Waals surface area contributed by atoms with Crippen LogP contribution in [0.3, 0.4) is 0 Å². The second-order valence-corrected chi connectivity index (χ2v) is 3.68. The van der Waals surface area contributed by atoms with E-state index in [1.165, 1.54) is 0 Å². The molecule has 2 heterocycles. The van der Waals surface area contributed by atoms with Crippen molar-refractivity contribution in [2.75, 3.05) is 0 Å². The van der Waals surface area contributed by atoms with Gasteiger partial charge >= 0.3 is 11.9 Å². The van der Waals surface area contributed by atoms with Gasteiger partial charge in [-0.1, -0.05) is 0 Å². The molecule has 0 amide bonds. The summed E-state index contributed by atoms with van der Waals surface area (Å²) in [5.74, 6) is -0.966. The van der Waals surface area contributed by atoms with Crippen LogP contribution in [-0.4, -0.2) is 16.9 Å². The van der Waals surface area contributed by atoms with E-state index < -0.39 is 11.9 Å². The zero-order valence-corrected chi connectivity index (χ0v) is 8.40. The summed E-state index contributed by atoms with van der Waals surface area (Å²) < 4.78 is 4.48. The van der Waals surface area contributed by atoms with Crippen LogP contribution >= 0.6 is 0 Å². The average molecular weight is 205 g/mol. The number of aromatic nitrogens is 1. The third-order valence-electron chi connectivity index (χ3n) is 2.57. The van der Waals surface area contributed by atoms with Crippen molar-refractivity contribution in [3.8, 4) is 0 Å². The summed E-state index contributed by atoms with van der Waals surface area (Å²) in [6, 6.07) is 1.87. The Labute approximate surface area is 87.3 Å². The highest BCUT2D eigenvalue weighted by Crippen LogP contribution is 2.29. The van der Waals surface area contributed by atoms with E-state index >= 15 is 0 Å². The van der Waals surface area contributed by atoms with Crippen molar-refractivity contribution in [2.45, 2.75) is 25.7 Å². The molecule has 1 aliphatic heterocycles. The Morgan fingerprint density at radius 3 is 2.60 bits per heavy atom. The van der Waals surface area contributed by atoms with E-state index in [1.54, 1.807) is 12.4 Å². The molecule has 15 heavy (non-hydrogen) atoms. The van der Waals surface area contributed by atoms with Crippen LogP contribution in [0.15, 0.2) is 18.5 Å².